The molecule has 8 nitrogen and oxygen atoms in total. The van der Waals surface area contributed by atoms with Gasteiger partial charge in [-0.05, 0) is 74.3 Å². The maximum absolute atomic E-state index is 13.1. The Balaban J connectivity index is 1.42. The van der Waals surface area contributed by atoms with Gasteiger partial charge in [-0.2, -0.15) is 0 Å². The zero-order valence-electron chi connectivity index (χ0n) is 26.5. The van der Waals surface area contributed by atoms with E-state index in [0.717, 1.165) is 49.7 Å². The Bertz CT molecular complexity index is 1420. The lowest BCUT2D eigenvalue weighted by molar-refractivity contribution is -0.156. The van der Waals surface area contributed by atoms with Crippen molar-refractivity contribution in [1.29, 1.82) is 0 Å². The molecule has 0 spiro atoms. The highest BCUT2D eigenvalue weighted by atomic mass is 35.5. The van der Waals surface area contributed by atoms with Crippen LogP contribution in [0.25, 0.3) is 0 Å². The van der Waals surface area contributed by atoms with Gasteiger partial charge in [0.2, 0.25) is 0 Å². The lowest BCUT2D eigenvalue weighted by atomic mass is 9.99. The van der Waals surface area contributed by atoms with Crippen molar-refractivity contribution in [3.8, 4) is 11.5 Å². The normalized spacial score (nSPS) is 15.4. The fourth-order valence-corrected chi connectivity index (χ4v) is 6.85. The predicted octanol–water partition coefficient (Wildman–Crippen LogP) is 10.9. The van der Waals surface area contributed by atoms with Gasteiger partial charge in [-0.25, -0.2) is 19.2 Å². The molecule has 48 heavy (non-hydrogen) atoms. The van der Waals surface area contributed by atoms with Crippen LogP contribution in [0.5, 0.6) is 11.5 Å². The van der Waals surface area contributed by atoms with E-state index in [9.17, 15) is 19.2 Å². The zero-order chi connectivity index (χ0) is 35.1. The summed E-state index contributed by atoms with van der Waals surface area (Å²) in [5.74, 6) is -3.80. The summed E-state index contributed by atoms with van der Waals surface area (Å²) in [6.07, 6.45) is 10.2. The van der Waals surface area contributed by atoms with Crippen LogP contribution in [0.3, 0.4) is 0 Å². The molecule has 0 aromatic heterocycles. The van der Waals surface area contributed by atoms with Crippen molar-refractivity contribution >= 4 is 93.5 Å². The van der Waals surface area contributed by atoms with Gasteiger partial charge >= 0.3 is 23.9 Å². The molecule has 0 radical (unpaired) electrons. The molecule has 0 amide bonds. The van der Waals surface area contributed by atoms with Gasteiger partial charge in [-0.3, -0.25) is 0 Å². The highest BCUT2D eigenvalue weighted by Crippen LogP contribution is 2.42. The first-order valence-corrected chi connectivity index (χ1v) is 18.2. The fraction of sp³-hybridized carbons (Fsp3) is 0.529. The summed E-state index contributed by atoms with van der Waals surface area (Å²) < 4.78 is 21.1. The number of ether oxygens (including phenoxy) is 4. The Labute approximate surface area is 309 Å². The van der Waals surface area contributed by atoms with Gasteiger partial charge in [-0.15, -0.1) is 0 Å². The quantitative estimate of drug-likeness (QED) is 0.0545. The summed E-state index contributed by atoms with van der Waals surface area (Å²) in [4.78, 5) is 52.1. The summed E-state index contributed by atoms with van der Waals surface area (Å²) in [7, 11) is 0. The molecule has 0 aliphatic heterocycles. The van der Waals surface area contributed by atoms with E-state index in [0.29, 0.717) is 24.7 Å². The van der Waals surface area contributed by atoms with Crippen molar-refractivity contribution in [2.75, 3.05) is 13.2 Å². The average molecular weight is 785 g/mol. The minimum atomic E-state index is -1.63. The van der Waals surface area contributed by atoms with Gasteiger partial charge in [0.05, 0.1) is 43.3 Å². The third kappa shape index (κ3) is 11.0. The molecule has 14 heteroatoms. The average Bonchev–Trinajstić information content (AvgIpc) is 3.97. The van der Waals surface area contributed by atoms with Crippen molar-refractivity contribution in [2.45, 2.75) is 78.1 Å². The third-order valence-electron chi connectivity index (χ3n) is 8.23. The number of carbonyl (C=O) groups is 4. The first kappa shape index (κ1) is 38.9. The van der Waals surface area contributed by atoms with Crippen molar-refractivity contribution < 1.29 is 38.1 Å². The molecule has 2 atom stereocenters. The Hall–Kier alpha value is -1.94. The van der Waals surface area contributed by atoms with Gasteiger partial charge in [-0.1, -0.05) is 109 Å². The molecule has 2 aromatic rings. The molecule has 4 rings (SSSR count). The van der Waals surface area contributed by atoms with Crippen LogP contribution in [0.4, 0.5) is 0 Å². The van der Waals surface area contributed by atoms with Crippen LogP contribution in [0.1, 0.15) is 98.8 Å². The van der Waals surface area contributed by atoms with Gasteiger partial charge in [0, 0.05) is 0 Å². The van der Waals surface area contributed by atoms with E-state index in [1.807, 2.05) is 0 Å². The number of esters is 4. The molecule has 2 aliphatic rings. The monoisotopic (exact) mass is 782 g/mol. The fourth-order valence-electron chi connectivity index (χ4n) is 5.41. The van der Waals surface area contributed by atoms with Gasteiger partial charge < -0.3 is 18.9 Å². The second kappa shape index (κ2) is 17.8. The van der Waals surface area contributed by atoms with Gasteiger partial charge in [0.15, 0.2) is 11.5 Å². The van der Waals surface area contributed by atoms with Crippen LogP contribution in [0, 0.1) is 23.7 Å². The smallest absolute Gasteiger partial charge is 0.423 e. The Morgan fingerprint density at radius 1 is 0.625 bits per heavy atom. The Kier molecular flexibility index (Phi) is 14.4. The topological polar surface area (TPSA) is 105 Å². The SMILES string of the molecule is CC(CCCOC(=O)c1c(Cl)c(Cl)cc(Cl)c1OC(=O)C(=O)Oc1c(Cl)cc(Cl)c(Cl)c1C(=O)OCCCC(C)CC1CC1)CC1CC1. The summed E-state index contributed by atoms with van der Waals surface area (Å²) in [5, 5.41) is -1.44. The van der Waals surface area contributed by atoms with Crippen molar-refractivity contribution in [3.05, 3.63) is 53.4 Å². The van der Waals surface area contributed by atoms with Crippen LogP contribution in [-0.4, -0.2) is 37.1 Å². The second-order valence-electron chi connectivity index (χ2n) is 12.6. The van der Waals surface area contributed by atoms with Gasteiger partial charge in [0.1, 0.15) is 11.1 Å². The van der Waals surface area contributed by atoms with Crippen LogP contribution in [0.2, 0.25) is 30.1 Å². The molecule has 2 aromatic carbocycles. The molecule has 0 saturated heterocycles. The standard InChI is InChI=1S/C34H36Cl6O8/c1-17(13-19-7-8-19)5-3-11-45-31(41)25-27(39)21(35)15-23(37)29(25)47-33(43)34(44)48-30-24(38)16-22(36)28(40)26(30)32(42)46-12-4-6-18(2)14-20-9-10-20/h15-20H,3-14H2,1-2H3. The van der Waals surface area contributed by atoms with E-state index in [4.69, 9.17) is 88.6 Å². The minimum Gasteiger partial charge on any atom is -0.462 e. The van der Waals surface area contributed by atoms with Gasteiger partial charge in [0.25, 0.3) is 0 Å². The molecular formula is C34H36Cl6O8. The van der Waals surface area contributed by atoms with Crippen LogP contribution < -0.4 is 9.47 Å². The summed E-state index contributed by atoms with van der Waals surface area (Å²) in [6.45, 7) is 4.44. The number of hydrogen-bond acceptors (Lipinski definition) is 8. The lowest BCUT2D eigenvalue weighted by Crippen LogP contribution is -2.27. The second-order valence-corrected chi connectivity index (χ2v) is 15.0. The number of carbonyl (C=O) groups excluding carboxylic acids is 4. The number of rotatable bonds is 16. The Morgan fingerprint density at radius 2 is 0.979 bits per heavy atom. The van der Waals surface area contributed by atoms with Crippen LogP contribution in [-0.2, 0) is 19.1 Å². The Morgan fingerprint density at radius 3 is 1.31 bits per heavy atom. The number of halogens is 6. The molecule has 0 N–H and O–H groups in total. The molecule has 262 valence electrons. The van der Waals surface area contributed by atoms with E-state index in [-0.39, 0.29) is 43.3 Å². The highest BCUT2D eigenvalue weighted by molar-refractivity contribution is 6.47. The number of benzene rings is 2. The number of hydrogen-bond donors (Lipinski definition) is 0. The molecule has 2 fully saturated rings. The first-order valence-electron chi connectivity index (χ1n) is 15.9. The minimum absolute atomic E-state index is 0.0674. The van der Waals surface area contributed by atoms with E-state index >= 15 is 0 Å². The molecular weight excluding hydrogens is 749 g/mol. The van der Waals surface area contributed by atoms with E-state index in [2.05, 4.69) is 13.8 Å². The molecule has 2 unspecified atom stereocenters. The highest BCUT2D eigenvalue weighted by Gasteiger charge is 2.32. The predicted molar refractivity (Wildman–Crippen MR) is 186 cm³/mol. The van der Waals surface area contributed by atoms with Crippen molar-refractivity contribution in [1.82, 2.24) is 0 Å². The van der Waals surface area contributed by atoms with Crippen LogP contribution >= 0.6 is 69.6 Å². The first-order chi connectivity index (χ1) is 22.8. The lowest BCUT2D eigenvalue weighted by Gasteiger charge is -2.16. The van der Waals surface area contributed by atoms with Crippen LogP contribution in [0.15, 0.2) is 12.1 Å². The largest absolute Gasteiger partial charge is 0.462 e. The van der Waals surface area contributed by atoms with E-state index in [1.54, 1.807) is 0 Å². The summed E-state index contributed by atoms with van der Waals surface area (Å²) >= 11 is 37.4. The molecule has 2 aliphatic carbocycles. The maximum atomic E-state index is 13.1. The van der Waals surface area contributed by atoms with Crippen molar-refractivity contribution in [2.24, 2.45) is 23.7 Å². The van der Waals surface area contributed by atoms with Crippen molar-refractivity contribution in [3.63, 3.8) is 0 Å². The molecule has 0 heterocycles. The molecule has 2 saturated carbocycles. The third-order valence-corrected chi connectivity index (χ3v) is 10.4. The summed E-state index contributed by atoms with van der Waals surface area (Å²) in [5.41, 5.74) is -0.908. The molecule has 0 bridgehead atoms. The van der Waals surface area contributed by atoms with E-state index in [1.165, 1.54) is 25.7 Å². The zero-order valence-corrected chi connectivity index (χ0v) is 31.0. The van der Waals surface area contributed by atoms with E-state index < -0.39 is 46.5 Å². The summed E-state index contributed by atoms with van der Waals surface area (Å²) in [6, 6.07) is 2.26. The maximum Gasteiger partial charge on any atom is 0.423 e.